The molecule has 0 aliphatic heterocycles. The molecule has 0 saturated heterocycles. The third kappa shape index (κ3) is 2.86. The summed E-state index contributed by atoms with van der Waals surface area (Å²) in [7, 11) is 1.38. The van der Waals surface area contributed by atoms with Crippen LogP contribution in [0, 0.1) is 0 Å². The van der Waals surface area contributed by atoms with Crippen molar-refractivity contribution in [3.05, 3.63) is 33.8 Å². The van der Waals surface area contributed by atoms with Crippen LogP contribution in [0.5, 0.6) is 0 Å². The average Bonchev–Trinajstić information content (AvgIpc) is 2.24. The zero-order chi connectivity index (χ0) is 11.4. The monoisotopic (exact) mass is 246 g/mol. The first-order valence-electron chi connectivity index (χ1n) is 4.63. The van der Waals surface area contributed by atoms with Gasteiger partial charge in [0, 0.05) is 0 Å². The Morgan fingerprint density at radius 1 is 1.40 bits per heavy atom. The molecule has 0 heterocycles. The van der Waals surface area contributed by atoms with Gasteiger partial charge in [0.15, 0.2) is 0 Å². The normalized spacial score (nSPS) is 12.3. The van der Waals surface area contributed by atoms with Gasteiger partial charge in [-0.3, -0.25) is 4.79 Å². The molecule has 1 unspecified atom stereocenters. The average molecular weight is 247 g/mol. The highest BCUT2D eigenvalue weighted by atomic mass is 35.5. The molecule has 4 heteroatoms. The number of hydrogen-bond donors (Lipinski definition) is 0. The second-order valence-corrected chi connectivity index (χ2v) is 3.97. The Morgan fingerprint density at radius 3 is 2.53 bits per heavy atom. The molecular formula is C11H12Cl2O2. The number of carbonyl (C=O) groups excluding carboxylic acids is 1. The van der Waals surface area contributed by atoms with Crippen molar-refractivity contribution >= 4 is 29.2 Å². The van der Waals surface area contributed by atoms with Gasteiger partial charge in [-0.15, -0.1) is 0 Å². The van der Waals surface area contributed by atoms with E-state index in [2.05, 4.69) is 0 Å². The van der Waals surface area contributed by atoms with Gasteiger partial charge >= 0.3 is 5.97 Å². The van der Waals surface area contributed by atoms with E-state index in [0.717, 1.165) is 5.56 Å². The van der Waals surface area contributed by atoms with Crippen LogP contribution in [-0.2, 0) is 9.53 Å². The molecule has 1 aromatic carbocycles. The molecule has 0 saturated carbocycles. The van der Waals surface area contributed by atoms with E-state index in [-0.39, 0.29) is 11.9 Å². The molecule has 0 bridgehead atoms. The summed E-state index contributed by atoms with van der Waals surface area (Å²) in [5.41, 5.74) is 0.832. The molecule has 1 atom stereocenters. The fraction of sp³-hybridized carbons (Fsp3) is 0.364. The summed E-state index contributed by atoms with van der Waals surface area (Å²) in [5, 5.41) is 0.941. The molecule has 0 spiro atoms. The maximum absolute atomic E-state index is 11.4. The van der Waals surface area contributed by atoms with E-state index in [0.29, 0.717) is 16.5 Å². The summed E-state index contributed by atoms with van der Waals surface area (Å²) < 4.78 is 4.71. The maximum Gasteiger partial charge on any atom is 0.313 e. The minimum Gasteiger partial charge on any atom is -0.469 e. The Kier molecular flexibility index (Phi) is 4.43. The Balaban J connectivity index is 3.02. The summed E-state index contributed by atoms with van der Waals surface area (Å²) in [6.07, 6.45) is 0.671. The molecule has 0 fully saturated rings. The van der Waals surface area contributed by atoms with Crippen molar-refractivity contribution in [3.63, 3.8) is 0 Å². The van der Waals surface area contributed by atoms with Crippen LogP contribution in [-0.4, -0.2) is 13.1 Å². The fourth-order valence-corrected chi connectivity index (χ4v) is 1.72. The zero-order valence-corrected chi connectivity index (χ0v) is 10.1. The third-order valence-corrected chi connectivity index (χ3v) is 2.98. The van der Waals surface area contributed by atoms with Crippen molar-refractivity contribution in [2.45, 2.75) is 19.3 Å². The minimum absolute atomic E-state index is 0.254. The number of esters is 1. The highest BCUT2D eigenvalue weighted by Gasteiger charge is 2.19. The molecule has 1 rings (SSSR count). The largest absolute Gasteiger partial charge is 0.469 e. The highest BCUT2D eigenvalue weighted by Crippen LogP contribution is 2.28. The lowest BCUT2D eigenvalue weighted by molar-refractivity contribution is -0.142. The van der Waals surface area contributed by atoms with E-state index in [1.54, 1.807) is 18.2 Å². The maximum atomic E-state index is 11.4. The van der Waals surface area contributed by atoms with Crippen LogP contribution in [0.2, 0.25) is 10.0 Å². The van der Waals surface area contributed by atoms with Gasteiger partial charge in [-0.1, -0.05) is 36.2 Å². The molecule has 0 aliphatic carbocycles. The van der Waals surface area contributed by atoms with Gasteiger partial charge in [0.2, 0.25) is 0 Å². The van der Waals surface area contributed by atoms with Crippen molar-refractivity contribution < 1.29 is 9.53 Å². The smallest absolute Gasteiger partial charge is 0.313 e. The van der Waals surface area contributed by atoms with E-state index in [1.165, 1.54) is 7.11 Å². The van der Waals surface area contributed by atoms with Crippen LogP contribution in [0.3, 0.4) is 0 Å². The Hall–Kier alpha value is -0.730. The van der Waals surface area contributed by atoms with Gasteiger partial charge < -0.3 is 4.74 Å². The second kappa shape index (κ2) is 5.38. The van der Waals surface area contributed by atoms with Crippen molar-refractivity contribution in [3.8, 4) is 0 Å². The molecule has 0 aliphatic rings. The molecular weight excluding hydrogens is 235 g/mol. The number of carbonyl (C=O) groups is 1. The molecule has 15 heavy (non-hydrogen) atoms. The van der Waals surface area contributed by atoms with E-state index < -0.39 is 0 Å². The third-order valence-electron chi connectivity index (χ3n) is 2.24. The summed E-state index contributed by atoms with van der Waals surface area (Å²) in [4.78, 5) is 11.4. The Morgan fingerprint density at radius 2 is 2.07 bits per heavy atom. The Bertz CT molecular complexity index is 364. The van der Waals surface area contributed by atoms with Crippen molar-refractivity contribution in [1.82, 2.24) is 0 Å². The first-order valence-corrected chi connectivity index (χ1v) is 5.38. The van der Waals surface area contributed by atoms with E-state index in [9.17, 15) is 4.79 Å². The second-order valence-electron chi connectivity index (χ2n) is 3.16. The zero-order valence-electron chi connectivity index (χ0n) is 8.59. The first-order chi connectivity index (χ1) is 7.10. The van der Waals surface area contributed by atoms with Gasteiger partial charge in [-0.2, -0.15) is 0 Å². The van der Waals surface area contributed by atoms with Gasteiger partial charge in [-0.25, -0.2) is 0 Å². The number of benzene rings is 1. The molecule has 0 amide bonds. The molecule has 2 nitrogen and oxygen atoms in total. The van der Waals surface area contributed by atoms with Gasteiger partial charge in [0.25, 0.3) is 0 Å². The Labute approximate surface area is 99.1 Å². The number of hydrogen-bond acceptors (Lipinski definition) is 2. The van der Waals surface area contributed by atoms with Crippen LogP contribution in [0.4, 0.5) is 0 Å². The van der Waals surface area contributed by atoms with E-state index in [1.807, 2.05) is 6.92 Å². The SMILES string of the molecule is CCC(C(=O)OC)c1ccc(Cl)c(Cl)c1. The topological polar surface area (TPSA) is 26.3 Å². The van der Waals surface area contributed by atoms with Crippen LogP contribution in [0.15, 0.2) is 18.2 Å². The molecule has 0 N–H and O–H groups in total. The van der Waals surface area contributed by atoms with Gasteiger partial charge in [-0.05, 0) is 24.1 Å². The van der Waals surface area contributed by atoms with Crippen LogP contribution < -0.4 is 0 Å². The predicted molar refractivity (Wildman–Crippen MR) is 61.5 cm³/mol. The van der Waals surface area contributed by atoms with Crippen molar-refractivity contribution in [2.75, 3.05) is 7.11 Å². The standard InChI is InChI=1S/C11H12Cl2O2/c1-3-8(11(14)15-2)7-4-5-9(12)10(13)6-7/h4-6,8H,3H2,1-2H3. The lowest BCUT2D eigenvalue weighted by atomic mass is 9.97. The van der Waals surface area contributed by atoms with E-state index >= 15 is 0 Å². The lowest BCUT2D eigenvalue weighted by Gasteiger charge is -2.13. The summed E-state index contributed by atoms with van der Waals surface area (Å²) >= 11 is 11.7. The quantitative estimate of drug-likeness (QED) is 0.762. The summed E-state index contributed by atoms with van der Waals surface area (Å²) in [5.74, 6) is -0.527. The minimum atomic E-state index is -0.273. The van der Waals surface area contributed by atoms with Crippen LogP contribution >= 0.6 is 23.2 Å². The molecule has 0 radical (unpaired) electrons. The summed E-state index contributed by atoms with van der Waals surface area (Å²) in [6.45, 7) is 1.92. The fourth-order valence-electron chi connectivity index (χ4n) is 1.41. The first kappa shape index (κ1) is 12.3. The number of rotatable bonds is 3. The number of halogens is 2. The number of ether oxygens (including phenoxy) is 1. The van der Waals surface area contributed by atoms with Gasteiger partial charge in [0.1, 0.15) is 0 Å². The van der Waals surface area contributed by atoms with Gasteiger partial charge in [0.05, 0.1) is 23.1 Å². The van der Waals surface area contributed by atoms with Crippen LogP contribution in [0.25, 0.3) is 0 Å². The highest BCUT2D eigenvalue weighted by molar-refractivity contribution is 6.42. The lowest BCUT2D eigenvalue weighted by Crippen LogP contribution is -2.13. The van der Waals surface area contributed by atoms with Crippen molar-refractivity contribution in [2.24, 2.45) is 0 Å². The summed E-state index contributed by atoms with van der Waals surface area (Å²) in [6, 6.07) is 5.18. The predicted octanol–water partition coefficient (Wildman–Crippen LogP) is 3.66. The van der Waals surface area contributed by atoms with E-state index in [4.69, 9.17) is 27.9 Å². The van der Waals surface area contributed by atoms with Crippen molar-refractivity contribution in [1.29, 1.82) is 0 Å². The molecule has 82 valence electrons. The van der Waals surface area contributed by atoms with Crippen LogP contribution in [0.1, 0.15) is 24.8 Å². The number of methoxy groups -OCH3 is 1. The molecule has 0 aromatic heterocycles. The molecule has 1 aromatic rings.